The van der Waals surface area contributed by atoms with E-state index in [1.54, 1.807) is 0 Å². The Morgan fingerprint density at radius 3 is 2.60 bits per heavy atom. The van der Waals surface area contributed by atoms with Crippen molar-refractivity contribution >= 4 is 21.0 Å². The molecule has 5 heavy (non-hydrogen) atoms. The van der Waals surface area contributed by atoms with Crippen molar-refractivity contribution in [1.29, 1.82) is 0 Å². The van der Waals surface area contributed by atoms with Crippen molar-refractivity contribution in [3.05, 3.63) is 0 Å². The van der Waals surface area contributed by atoms with Gasteiger partial charge in [0.25, 0.3) is 0 Å². The molecule has 0 bridgehead atoms. The van der Waals surface area contributed by atoms with Gasteiger partial charge in [-0.2, -0.15) is 0 Å². The summed E-state index contributed by atoms with van der Waals surface area (Å²) in [6, 6.07) is 0. The third-order valence-corrected chi connectivity index (χ3v) is 1.43. The maximum Gasteiger partial charge on any atom is 0.0280 e. The summed E-state index contributed by atoms with van der Waals surface area (Å²) >= 11 is 0. The first kappa shape index (κ1) is 3.11. The highest BCUT2D eigenvalue weighted by molar-refractivity contribution is 8.74. The van der Waals surface area contributed by atoms with Gasteiger partial charge in [0.05, 0.1) is 0 Å². The van der Waals surface area contributed by atoms with Crippen LogP contribution in [0, 0.1) is 16.4 Å². The van der Waals surface area contributed by atoms with Gasteiger partial charge >= 0.3 is 0 Å². The SMILES string of the molecule is C1#CSS#C1. The molecular formula is C3S2. The minimum Gasteiger partial charge on any atom is -0.0365 e. The molecule has 1 aliphatic rings. The molecule has 0 N–H and O–H groups in total. The van der Waals surface area contributed by atoms with Crippen LogP contribution in [0.1, 0.15) is 0 Å². The first-order valence-electron chi connectivity index (χ1n) is 1.07. The molecule has 0 saturated carbocycles. The maximum absolute atomic E-state index is 2.74. The molecule has 0 fully saturated rings. The topological polar surface area (TPSA) is 0 Å². The van der Waals surface area contributed by atoms with Gasteiger partial charge in [-0.25, -0.2) is 0 Å². The van der Waals surface area contributed by atoms with Crippen molar-refractivity contribution in [2.45, 2.75) is 0 Å². The second-order valence-electron chi connectivity index (χ2n) is 0.496. The van der Waals surface area contributed by atoms with Gasteiger partial charge in [0.15, 0.2) is 0 Å². The van der Waals surface area contributed by atoms with Gasteiger partial charge in [0, 0.05) is 21.9 Å². The number of rotatable bonds is 0. The van der Waals surface area contributed by atoms with Crippen molar-refractivity contribution in [3.63, 3.8) is 0 Å². The molecule has 0 atom stereocenters. The van der Waals surface area contributed by atoms with Crippen molar-refractivity contribution < 1.29 is 0 Å². The predicted octanol–water partition coefficient (Wildman–Crippen LogP) is 1.30. The van der Waals surface area contributed by atoms with E-state index in [-0.39, 0.29) is 0 Å². The molecule has 0 aromatic rings. The summed E-state index contributed by atoms with van der Waals surface area (Å²) in [5.41, 5.74) is 0. The second kappa shape index (κ2) is 1.37. The summed E-state index contributed by atoms with van der Waals surface area (Å²) in [5, 5.41) is 5.48. The van der Waals surface area contributed by atoms with E-state index in [0.717, 1.165) is 0 Å². The van der Waals surface area contributed by atoms with Crippen LogP contribution in [0.2, 0.25) is 0 Å². The van der Waals surface area contributed by atoms with Gasteiger partial charge in [0.1, 0.15) is 0 Å². The van der Waals surface area contributed by atoms with Crippen LogP contribution >= 0.6 is 21.0 Å². The van der Waals surface area contributed by atoms with E-state index in [2.05, 4.69) is 16.4 Å². The molecule has 0 radical (unpaired) electrons. The summed E-state index contributed by atoms with van der Waals surface area (Å²) in [7, 11) is 3.04. The average Bonchev–Trinajstić information content (AvgIpc) is 1.76. The molecule has 0 spiro atoms. The maximum atomic E-state index is 2.74. The van der Waals surface area contributed by atoms with E-state index in [9.17, 15) is 0 Å². The molecule has 0 saturated heterocycles. The summed E-state index contributed by atoms with van der Waals surface area (Å²) in [6.45, 7) is 0. The summed E-state index contributed by atoms with van der Waals surface area (Å²) in [4.78, 5) is 0. The Kier molecular flexibility index (Phi) is 0.855. The van der Waals surface area contributed by atoms with E-state index in [0.29, 0.717) is 0 Å². The quantitative estimate of drug-likeness (QED) is 0.326. The summed E-state index contributed by atoms with van der Waals surface area (Å²) in [5.74, 6) is 2.65. The first-order chi connectivity index (χ1) is 2.50. The van der Waals surface area contributed by atoms with Crippen molar-refractivity contribution in [3.8, 4) is 16.4 Å². The van der Waals surface area contributed by atoms with Gasteiger partial charge in [0.2, 0.25) is 0 Å². The third-order valence-electron chi connectivity index (χ3n) is 0.227. The Morgan fingerprint density at radius 1 is 1.40 bits per heavy atom. The average molecular weight is 100 g/mol. The van der Waals surface area contributed by atoms with Crippen LogP contribution in [0.4, 0.5) is 0 Å². The minimum absolute atomic E-state index is 1.52. The first-order valence-corrected chi connectivity index (χ1v) is 3.22. The molecule has 0 aliphatic carbocycles. The van der Waals surface area contributed by atoms with Gasteiger partial charge < -0.3 is 0 Å². The van der Waals surface area contributed by atoms with Gasteiger partial charge in [-0.1, -0.05) is 0 Å². The van der Waals surface area contributed by atoms with Gasteiger partial charge in [-0.05, 0) is 15.5 Å². The molecule has 1 rings (SSSR count). The number of hydrogen-bond donors (Lipinski definition) is 0. The molecule has 0 nitrogen and oxygen atoms in total. The lowest BCUT2D eigenvalue weighted by Crippen LogP contribution is -1.25. The summed E-state index contributed by atoms with van der Waals surface area (Å²) in [6.07, 6.45) is 0. The fourth-order valence-electron chi connectivity index (χ4n) is 0.104. The Labute approximate surface area is 37.9 Å². The van der Waals surface area contributed by atoms with Crippen molar-refractivity contribution in [1.82, 2.24) is 0 Å². The Bertz CT molecular complexity index is 120. The third kappa shape index (κ3) is 0.592. The van der Waals surface area contributed by atoms with E-state index >= 15 is 0 Å². The van der Waals surface area contributed by atoms with E-state index < -0.39 is 0 Å². The monoisotopic (exact) mass is 99.9 g/mol. The largest absolute Gasteiger partial charge is 0.0365 e. The highest BCUT2D eigenvalue weighted by atomic mass is 33.1. The smallest absolute Gasteiger partial charge is 0.0280 e. The fourth-order valence-corrected chi connectivity index (χ4v) is 0.937. The second-order valence-corrected chi connectivity index (χ2v) is 2.24. The molecule has 24 valence electrons. The highest BCUT2D eigenvalue weighted by Gasteiger charge is 1.68. The van der Waals surface area contributed by atoms with E-state index in [4.69, 9.17) is 0 Å². The highest BCUT2D eigenvalue weighted by Crippen LogP contribution is 2.09. The summed E-state index contributed by atoms with van der Waals surface area (Å²) < 4.78 is 0. The Morgan fingerprint density at radius 2 is 2.40 bits per heavy atom. The predicted molar refractivity (Wildman–Crippen MR) is 26.8 cm³/mol. The lowest BCUT2D eigenvalue weighted by atomic mass is 10.8. The number of hydrogen-bond acceptors (Lipinski definition) is 1. The zero-order valence-corrected chi connectivity index (χ0v) is 3.95. The molecule has 0 aromatic heterocycles. The Hall–Kier alpha value is -0.0900. The van der Waals surface area contributed by atoms with Crippen molar-refractivity contribution in [2.24, 2.45) is 0 Å². The van der Waals surface area contributed by atoms with Crippen LogP contribution in [-0.4, -0.2) is 0 Å². The van der Waals surface area contributed by atoms with E-state index in [1.807, 2.05) is 0 Å². The standard InChI is InChI=1S/C3S2/c1-2-4-5-3-1. The van der Waals surface area contributed by atoms with Gasteiger partial charge in [-0.15, -0.1) is 0 Å². The Balaban J connectivity index is 2.94. The normalized spacial score (nSPS) is 12.8. The van der Waals surface area contributed by atoms with Crippen LogP contribution in [0.5, 0.6) is 0 Å². The van der Waals surface area contributed by atoms with Crippen LogP contribution < -0.4 is 0 Å². The van der Waals surface area contributed by atoms with E-state index in [1.165, 1.54) is 21.0 Å². The van der Waals surface area contributed by atoms with Crippen LogP contribution in [0.3, 0.4) is 0 Å². The van der Waals surface area contributed by atoms with Gasteiger partial charge in [-0.3, -0.25) is 0 Å². The lowest BCUT2D eigenvalue weighted by Gasteiger charge is -1.48. The molecule has 0 unspecified atom stereocenters. The molecule has 1 aliphatic heterocycles. The van der Waals surface area contributed by atoms with Crippen molar-refractivity contribution in [2.75, 3.05) is 0 Å². The van der Waals surface area contributed by atoms with Crippen LogP contribution in [-0.2, 0) is 0 Å². The lowest BCUT2D eigenvalue weighted by molar-refractivity contribution is 2.69. The molecule has 0 aromatic carbocycles. The molecular weight excluding hydrogens is 100 g/mol. The molecule has 1 heterocycles. The van der Waals surface area contributed by atoms with Crippen LogP contribution in [0.25, 0.3) is 0 Å². The molecule has 0 amide bonds. The minimum atomic E-state index is 1.52. The fraction of sp³-hybridized carbons (Fsp3) is 0. The molecule has 2 heteroatoms. The zero-order chi connectivity index (χ0) is 3.54. The van der Waals surface area contributed by atoms with Crippen LogP contribution in [0.15, 0.2) is 0 Å². The zero-order valence-electron chi connectivity index (χ0n) is 2.32.